The third kappa shape index (κ3) is 1.43. The van der Waals surface area contributed by atoms with E-state index in [1.807, 2.05) is 0 Å². The number of H-pyrrole nitrogens is 1. The summed E-state index contributed by atoms with van der Waals surface area (Å²) in [6.07, 6.45) is 6.11. The summed E-state index contributed by atoms with van der Waals surface area (Å²) in [6.45, 7) is 0. The topological polar surface area (TPSA) is 50.2 Å². The average molecular weight is 229 g/mol. The molecule has 2 fully saturated rings. The van der Waals surface area contributed by atoms with Gasteiger partial charge in [0.25, 0.3) is 5.56 Å². The summed E-state index contributed by atoms with van der Waals surface area (Å²) in [6, 6.07) is 3.82. The lowest BCUT2D eigenvalue weighted by Gasteiger charge is -2.22. The van der Waals surface area contributed by atoms with E-state index in [9.17, 15) is 4.79 Å². The molecule has 0 aliphatic heterocycles. The fourth-order valence-electron chi connectivity index (χ4n) is 2.55. The van der Waals surface area contributed by atoms with E-state index in [2.05, 4.69) is 16.1 Å². The molecule has 0 aromatic carbocycles. The predicted molar refractivity (Wildman–Crippen MR) is 64.4 cm³/mol. The first-order chi connectivity index (χ1) is 8.31. The molecule has 4 nitrogen and oxygen atoms in total. The molecule has 0 atom stereocenters. The minimum atomic E-state index is 0.0301. The Kier molecular flexibility index (Phi) is 1.79. The molecule has 0 radical (unpaired) electrons. The van der Waals surface area contributed by atoms with Gasteiger partial charge in [0.2, 0.25) is 0 Å². The first kappa shape index (κ1) is 9.45. The predicted octanol–water partition coefficient (Wildman–Crippen LogP) is 2.17. The van der Waals surface area contributed by atoms with Crippen LogP contribution in [0.2, 0.25) is 0 Å². The van der Waals surface area contributed by atoms with Crippen molar-refractivity contribution in [2.75, 3.05) is 0 Å². The molecule has 17 heavy (non-hydrogen) atoms. The first-order valence-electron chi connectivity index (χ1n) is 6.44. The number of hydrogen-bond donors (Lipinski definition) is 1. The van der Waals surface area contributed by atoms with Gasteiger partial charge >= 0.3 is 0 Å². The van der Waals surface area contributed by atoms with Crippen LogP contribution < -0.4 is 5.56 Å². The van der Waals surface area contributed by atoms with Crippen LogP contribution in [0.5, 0.6) is 0 Å². The highest BCUT2D eigenvalue weighted by Crippen LogP contribution is 2.40. The van der Waals surface area contributed by atoms with Gasteiger partial charge in [-0.15, -0.1) is 0 Å². The minimum Gasteiger partial charge on any atom is -0.276 e. The molecule has 2 aromatic heterocycles. The zero-order chi connectivity index (χ0) is 11.4. The second-order valence-electron chi connectivity index (χ2n) is 5.33. The van der Waals surface area contributed by atoms with Crippen molar-refractivity contribution in [3.05, 3.63) is 33.9 Å². The van der Waals surface area contributed by atoms with Crippen LogP contribution in [0.15, 0.2) is 16.9 Å². The molecule has 4 rings (SSSR count). The number of aromatic nitrogens is 3. The molecule has 0 spiro atoms. The van der Waals surface area contributed by atoms with E-state index in [0.717, 1.165) is 11.5 Å². The van der Waals surface area contributed by atoms with E-state index in [0.29, 0.717) is 11.8 Å². The Bertz CT molecular complexity index is 632. The Morgan fingerprint density at radius 2 is 2.00 bits per heavy atom. The lowest BCUT2D eigenvalue weighted by molar-refractivity contribution is 0.401. The normalized spacial score (nSPS) is 20.7. The smallest absolute Gasteiger partial charge is 0.271 e. The van der Waals surface area contributed by atoms with E-state index < -0.39 is 0 Å². The summed E-state index contributed by atoms with van der Waals surface area (Å²) in [4.78, 5) is 16.5. The van der Waals surface area contributed by atoms with Gasteiger partial charge in [0, 0.05) is 12.0 Å². The molecule has 0 amide bonds. The molecular formula is C13H15N3O. The Hall–Kier alpha value is -1.58. The number of hydrogen-bond acceptors (Lipinski definition) is 2. The summed E-state index contributed by atoms with van der Waals surface area (Å²) < 4.78 is 1.58. The standard InChI is InChI=1S/C13H15N3O/c17-12-7-10(8-4-5-8)6-11-14-13(15-16(11)12)9-2-1-3-9/h6-9H,1-5H2,(H,14,15). The van der Waals surface area contributed by atoms with Gasteiger partial charge in [-0.1, -0.05) is 6.42 Å². The molecular weight excluding hydrogens is 214 g/mol. The molecule has 2 heterocycles. The summed E-state index contributed by atoms with van der Waals surface area (Å²) >= 11 is 0. The van der Waals surface area contributed by atoms with Crippen LogP contribution in [0.25, 0.3) is 5.65 Å². The van der Waals surface area contributed by atoms with Gasteiger partial charge in [-0.05, 0) is 43.2 Å². The van der Waals surface area contributed by atoms with E-state index in [1.165, 1.54) is 37.7 Å². The Morgan fingerprint density at radius 3 is 2.65 bits per heavy atom. The molecule has 0 bridgehead atoms. The van der Waals surface area contributed by atoms with Crippen LogP contribution in [-0.2, 0) is 0 Å². The summed E-state index contributed by atoms with van der Waals surface area (Å²) in [5, 5.41) is 3.15. The summed E-state index contributed by atoms with van der Waals surface area (Å²) in [7, 11) is 0. The van der Waals surface area contributed by atoms with Crippen LogP contribution >= 0.6 is 0 Å². The molecule has 1 N–H and O–H groups in total. The Labute approximate surface area is 98.7 Å². The lowest BCUT2D eigenvalue weighted by Crippen LogP contribution is -2.15. The fraction of sp³-hybridized carbons (Fsp3) is 0.538. The van der Waals surface area contributed by atoms with Crippen molar-refractivity contribution >= 4 is 5.65 Å². The van der Waals surface area contributed by atoms with Crippen LogP contribution in [-0.4, -0.2) is 14.6 Å². The van der Waals surface area contributed by atoms with Crippen molar-refractivity contribution in [2.24, 2.45) is 0 Å². The van der Waals surface area contributed by atoms with Crippen LogP contribution in [0, 0.1) is 0 Å². The van der Waals surface area contributed by atoms with Gasteiger partial charge in [0.05, 0.1) is 0 Å². The highest BCUT2D eigenvalue weighted by Gasteiger charge is 2.26. The van der Waals surface area contributed by atoms with Gasteiger partial charge in [0.15, 0.2) is 5.65 Å². The molecule has 2 aromatic rings. The zero-order valence-electron chi connectivity index (χ0n) is 9.65. The molecule has 88 valence electrons. The highest BCUT2D eigenvalue weighted by atomic mass is 16.1. The second-order valence-corrected chi connectivity index (χ2v) is 5.33. The summed E-state index contributed by atoms with van der Waals surface area (Å²) in [5.41, 5.74) is 1.99. The number of nitrogens with one attached hydrogen (secondary N) is 1. The minimum absolute atomic E-state index is 0.0301. The fourth-order valence-corrected chi connectivity index (χ4v) is 2.55. The van der Waals surface area contributed by atoms with E-state index in [1.54, 1.807) is 10.6 Å². The largest absolute Gasteiger partial charge is 0.276 e. The van der Waals surface area contributed by atoms with Crippen LogP contribution in [0.3, 0.4) is 0 Å². The monoisotopic (exact) mass is 229 g/mol. The number of pyridine rings is 1. The maximum atomic E-state index is 12.0. The maximum Gasteiger partial charge on any atom is 0.271 e. The Balaban J connectivity index is 1.87. The van der Waals surface area contributed by atoms with Crippen molar-refractivity contribution in [3.8, 4) is 0 Å². The highest BCUT2D eigenvalue weighted by molar-refractivity contribution is 5.43. The van der Waals surface area contributed by atoms with Crippen molar-refractivity contribution in [1.29, 1.82) is 0 Å². The number of rotatable bonds is 2. The number of aromatic amines is 1. The third-order valence-corrected chi connectivity index (χ3v) is 4.04. The zero-order valence-corrected chi connectivity index (χ0v) is 9.65. The summed E-state index contributed by atoms with van der Waals surface area (Å²) in [5.74, 6) is 2.14. The van der Waals surface area contributed by atoms with Crippen molar-refractivity contribution in [1.82, 2.24) is 14.6 Å². The average Bonchev–Trinajstić information content (AvgIpc) is 2.98. The number of nitrogens with zero attached hydrogens (tertiary/aromatic N) is 2. The van der Waals surface area contributed by atoms with E-state index in [4.69, 9.17) is 0 Å². The molecule has 2 saturated carbocycles. The van der Waals surface area contributed by atoms with Crippen molar-refractivity contribution in [3.63, 3.8) is 0 Å². The number of fused-ring (bicyclic) bond motifs is 1. The quantitative estimate of drug-likeness (QED) is 0.858. The Morgan fingerprint density at radius 1 is 1.18 bits per heavy atom. The van der Waals surface area contributed by atoms with Gasteiger partial charge in [-0.2, -0.15) is 0 Å². The van der Waals surface area contributed by atoms with Crippen molar-refractivity contribution < 1.29 is 0 Å². The van der Waals surface area contributed by atoms with Crippen molar-refractivity contribution in [2.45, 2.75) is 43.9 Å². The molecule has 2 aliphatic rings. The maximum absolute atomic E-state index is 12.0. The van der Waals surface area contributed by atoms with Gasteiger partial charge in [0.1, 0.15) is 5.82 Å². The molecule has 2 aliphatic carbocycles. The third-order valence-electron chi connectivity index (χ3n) is 4.04. The van der Waals surface area contributed by atoms with Crippen LogP contribution in [0.1, 0.15) is 55.3 Å². The van der Waals surface area contributed by atoms with E-state index >= 15 is 0 Å². The first-order valence-corrected chi connectivity index (χ1v) is 6.44. The molecule has 4 heteroatoms. The van der Waals surface area contributed by atoms with Gasteiger partial charge in [-0.25, -0.2) is 9.50 Å². The second kappa shape index (κ2) is 3.22. The van der Waals surface area contributed by atoms with Crippen LogP contribution in [0.4, 0.5) is 0 Å². The SMILES string of the molecule is O=c1cc(C2CC2)cc2nc(C3CCC3)[nH]n12. The van der Waals surface area contributed by atoms with Gasteiger partial charge < -0.3 is 0 Å². The molecule has 0 unspecified atom stereocenters. The lowest BCUT2D eigenvalue weighted by atomic mass is 9.85. The van der Waals surface area contributed by atoms with E-state index in [-0.39, 0.29) is 5.56 Å². The molecule has 0 saturated heterocycles. The van der Waals surface area contributed by atoms with Gasteiger partial charge in [-0.3, -0.25) is 9.89 Å².